The van der Waals surface area contributed by atoms with Crippen LogP contribution in [0.3, 0.4) is 0 Å². The van der Waals surface area contributed by atoms with Gasteiger partial charge in [0.2, 0.25) is 0 Å². The first-order chi connectivity index (χ1) is 14.0. The standard InChI is InChI=1S/C23H25F3O3/c1-3-11-28-16-6-7-17(20(24)12-16)18-8-9-19(23(26)22(18)25)21-10-5-15(14-29-21)13-27-4-2/h3,6-9,12,15,21H,1,4-5,10-11,13-14H2,2H3. The molecular formula is C23H25F3O3. The van der Waals surface area contributed by atoms with Crippen LogP contribution in [0.25, 0.3) is 11.1 Å². The number of ether oxygens (including phenoxy) is 3. The highest BCUT2D eigenvalue weighted by Gasteiger charge is 2.27. The van der Waals surface area contributed by atoms with Crippen molar-refractivity contribution in [3.63, 3.8) is 0 Å². The number of rotatable bonds is 8. The van der Waals surface area contributed by atoms with E-state index >= 15 is 0 Å². The third kappa shape index (κ3) is 5.00. The predicted molar refractivity (Wildman–Crippen MR) is 105 cm³/mol. The zero-order valence-corrected chi connectivity index (χ0v) is 16.4. The molecule has 0 bridgehead atoms. The second kappa shape index (κ2) is 9.94. The summed E-state index contributed by atoms with van der Waals surface area (Å²) in [5.41, 5.74) is -0.00301. The minimum Gasteiger partial charge on any atom is -0.489 e. The number of benzene rings is 2. The molecule has 0 spiro atoms. The average molecular weight is 406 g/mol. The van der Waals surface area contributed by atoms with Gasteiger partial charge in [-0.2, -0.15) is 0 Å². The van der Waals surface area contributed by atoms with Gasteiger partial charge >= 0.3 is 0 Å². The van der Waals surface area contributed by atoms with E-state index in [0.717, 1.165) is 12.5 Å². The van der Waals surface area contributed by atoms with Crippen molar-refractivity contribution < 1.29 is 27.4 Å². The van der Waals surface area contributed by atoms with Gasteiger partial charge in [0.25, 0.3) is 0 Å². The summed E-state index contributed by atoms with van der Waals surface area (Å²) in [5, 5.41) is 0. The van der Waals surface area contributed by atoms with E-state index in [0.29, 0.717) is 32.0 Å². The summed E-state index contributed by atoms with van der Waals surface area (Å²) < 4.78 is 60.4. The molecule has 2 unspecified atom stereocenters. The van der Waals surface area contributed by atoms with E-state index in [2.05, 4.69) is 6.58 Å². The fraction of sp³-hybridized carbons (Fsp3) is 0.391. The van der Waals surface area contributed by atoms with E-state index in [9.17, 15) is 13.2 Å². The molecule has 1 aliphatic rings. The maximum atomic E-state index is 14.8. The van der Waals surface area contributed by atoms with E-state index < -0.39 is 23.6 Å². The molecule has 1 fully saturated rings. The maximum absolute atomic E-state index is 14.8. The van der Waals surface area contributed by atoms with Gasteiger partial charge in [-0.1, -0.05) is 24.8 Å². The van der Waals surface area contributed by atoms with Crippen LogP contribution in [0, 0.1) is 23.4 Å². The second-order valence-corrected chi connectivity index (χ2v) is 7.00. The molecule has 29 heavy (non-hydrogen) atoms. The van der Waals surface area contributed by atoms with Gasteiger partial charge in [-0.3, -0.25) is 0 Å². The first-order valence-corrected chi connectivity index (χ1v) is 9.76. The fourth-order valence-electron chi connectivity index (χ4n) is 3.45. The van der Waals surface area contributed by atoms with E-state index in [4.69, 9.17) is 14.2 Å². The van der Waals surface area contributed by atoms with Crippen LogP contribution in [0.1, 0.15) is 31.4 Å². The van der Waals surface area contributed by atoms with Crippen molar-refractivity contribution in [2.75, 3.05) is 26.4 Å². The summed E-state index contributed by atoms with van der Waals surface area (Å²) in [6.45, 7) is 7.35. The van der Waals surface area contributed by atoms with Gasteiger partial charge in [-0.15, -0.1) is 0 Å². The molecule has 6 heteroatoms. The molecule has 2 aromatic rings. The molecule has 3 rings (SSSR count). The zero-order valence-electron chi connectivity index (χ0n) is 16.4. The highest BCUT2D eigenvalue weighted by Crippen LogP contribution is 2.36. The molecule has 1 saturated heterocycles. The quantitative estimate of drug-likeness (QED) is 0.516. The zero-order chi connectivity index (χ0) is 20.8. The van der Waals surface area contributed by atoms with Crippen LogP contribution in [-0.4, -0.2) is 26.4 Å². The Labute approximate surface area is 169 Å². The van der Waals surface area contributed by atoms with E-state index in [1.807, 2.05) is 6.92 Å². The second-order valence-electron chi connectivity index (χ2n) is 7.00. The van der Waals surface area contributed by atoms with Crippen LogP contribution in [-0.2, 0) is 9.47 Å². The Morgan fingerprint density at radius 1 is 1.10 bits per heavy atom. The van der Waals surface area contributed by atoms with Crippen molar-refractivity contribution in [1.29, 1.82) is 0 Å². The molecule has 1 heterocycles. The van der Waals surface area contributed by atoms with Crippen molar-refractivity contribution in [3.8, 4) is 16.9 Å². The SMILES string of the molecule is C=CCOc1ccc(-c2ccc(C3CCC(COCC)CO3)c(F)c2F)c(F)c1. The first-order valence-electron chi connectivity index (χ1n) is 9.76. The molecule has 2 aromatic carbocycles. The lowest BCUT2D eigenvalue weighted by Gasteiger charge is -2.29. The van der Waals surface area contributed by atoms with E-state index in [1.165, 1.54) is 30.3 Å². The van der Waals surface area contributed by atoms with Crippen molar-refractivity contribution in [1.82, 2.24) is 0 Å². The Kier molecular flexibility index (Phi) is 7.34. The summed E-state index contributed by atoms with van der Waals surface area (Å²) in [5.74, 6) is -2.22. The Morgan fingerprint density at radius 3 is 2.55 bits per heavy atom. The topological polar surface area (TPSA) is 27.7 Å². The van der Waals surface area contributed by atoms with Crippen molar-refractivity contribution in [2.24, 2.45) is 5.92 Å². The molecular weight excluding hydrogens is 381 g/mol. The lowest BCUT2D eigenvalue weighted by Crippen LogP contribution is -2.25. The molecule has 1 aliphatic heterocycles. The molecule has 0 aliphatic carbocycles. The third-order valence-electron chi connectivity index (χ3n) is 4.99. The first kappa shape index (κ1) is 21.4. The summed E-state index contributed by atoms with van der Waals surface area (Å²) >= 11 is 0. The summed E-state index contributed by atoms with van der Waals surface area (Å²) in [6.07, 6.45) is 2.41. The predicted octanol–water partition coefficient (Wildman–Crippen LogP) is 5.84. The summed E-state index contributed by atoms with van der Waals surface area (Å²) in [4.78, 5) is 0. The van der Waals surface area contributed by atoms with E-state index in [-0.39, 0.29) is 29.2 Å². The molecule has 156 valence electrons. The van der Waals surface area contributed by atoms with Gasteiger partial charge in [0.05, 0.1) is 19.3 Å². The average Bonchev–Trinajstić information content (AvgIpc) is 2.74. The monoisotopic (exact) mass is 406 g/mol. The third-order valence-corrected chi connectivity index (χ3v) is 4.99. The molecule has 2 atom stereocenters. The molecule has 0 N–H and O–H groups in total. The van der Waals surface area contributed by atoms with Crippen LogP contribution >= 0.6 is 0 Å². The summed E-state index contributed by atoms with van der Waals surface area (Å²) in [7, 11) is 0. The Morgan fingerprint density at radius 2 is 1.90 bits per heavy atom. The largest absolute Gasteiger partial charge is 0.489 e. The lowest BCUT2D eigenvalue weighted by atomic mass is 9.93. The minimum atomic E-state index is -1.08. The van der Waals surface area contributed by atoms with E-state index in [1.54, 1.807) is 0 Å². The highest BCUT2D eigenvalue weighted by molar-refractivity contribution is 5.66. The summed E-state index contributed by atoms with van der Waals surface area (Å²) in [6, 6.07) is 6.90. The smallest absolute Gasteiger partial charge is 0.167 e. The number of hydrogen-bond donors (Lipinski definition) is 0. The fourth-order valence-corrected chi connectivity index (χ4v) is 3.45. The minimum absolute atomic E-state index is 0.0276. The maximum Gasteiger partial charge on any atom is 0.167 e. The van der Waals surface area contributed by atoms with Crippen molar-refractivity contribution >= 4 is 0 Å². The number of hydrogen-bond acceptors (Lipinski definition) is 3. The Bertz CT molecular complexity index is 846. The van der Waals surface area contributed by atoms with Crippen LogP contribution < -0.4 is 4.74 Å². The molecule has 0 amide bonds. The van der Waals surface area contributed by atoms with Gasteiger partial charge in [0.1, 0.15) is 18.2 Å². The molecule has 0 saturated carbocycles. The lowest BCUT2D eigenvalue weighted by molar-refractivity contribution is -0.0435. The van der Waals surface area contributed by atoms with Gasteiger partial charge in [-0.05, 0) is 31.9 Å². The normalized spacial score (nSPS) is 19.2. The Balaban J connectivity index is 1.77. The van der Waals surface area contributed by atoms with Gasteiger partial charge < -0.3 is 14.2 Å². The van der Waals surface area contributed by atoms with Crippen molar-refractivity contribution in [2.45, 2.75) is 25.9 Å². The molecule has 0 aromatic heterocycles. The number of halogens is 3. The van der Waals surface area contributed by atoms with Crippen LogP contribution in [0.2, 0.25) is 0 Å². The van der Waals surface area contributed by atoms with Gasteiger partial charge in [0, 0.05) is 35.3 Å². The van der Waals surface area contributed by atoms with Crippen LogP contribution in [0.5, 0.6) is 5.75 Å². The van der Waals surface area contributed by atoms with Crippen LogP contribution in [0.15, 0.2) is 43.0 Å². The van der Waals surface area contributed by atoms with Crippen LogP contribution in [0.4, 0.5) is 13.2 Å². The van der Waals surface area contributed by atoms with Gasteiger partial charge in [-0.25, -0.2) is 13.2 Å². The van der Waals surface area contributed by atoms with Crippen molar-refractivity contribution in [3.05, 3.63) is 66.0 Å². The molecule has 3 nitrogen and oxygen atoms in total. The Hall–Kier alpha value is -2.31. The molecule has 0 radical (unpaired) electrons. The highest BCUT2D eigenvalue weighted by atomic mass is 19.2. The van der Waals surface area contributed by atoms with Gasteiger partial charge in [0.15, 0.2) is 11.6 Å².